The monoisotopic (exact) mass is 545 g/mol. The van der Waals surface area contributed by atoms with Crippen LogP contribution in [0.1, 0.15) is 62.4 Å². The van der Waals surface area contributed by atoms with Crippen molar-refractivity contribution >= 4 is 43.5 Å². The van der Waals surface area contributed by atoms with Crippen molar-refractivity contribution in [2.45, 2.75) is 64.3 Å². The Bertz CT molecular complexity index is 1410. The Morgan fingerprint density at radius 2 is 1.73 bits per heavy atom. The maximum absolute atomic E-state index is 13.0. The molecule has 0 N–H and O–H groups in total. The van der Waals surface area contributed by atoms with Gasteiger partial charge in [-0.1, -0.05) is 44.1 Å². The number of ether oxygens (including phenoxy) is 1. The molecule has 0 atom stereocenters. The van der Waals surface area contributed by atoms with Crippen molar-refractivity contribution < 1.29 is 22.7 Å². The summed E-state index contributed by atoms with van der Waals surface area (Å²) in [6, 6.07) is 11.9. The minimum absolute atomic E-state index is 0.0600. The summed E-state index contributed by atoms with van der Waals surface area (Å²) in [5.74, 6) is -0.924. The van der Waals surface area contributed by atoms with Crippen LogP contribution in [-0.4, -0.2) is 49.4 Å². The Labute approximate surface area is 222 Å². The number of aryl methyl sites for hydroxylation is 1. The number of fused-ring (bicyclic) bond motifs is 1. The molecule has 1 amide bonds. The predicted octanol–water partition coefficient (Wildman–Crippen LogP) is 4.77. The van der Waals surface area contributed by atoms with Crippen LogP contribution in [0.2, 0.25) is 0 Å². The molecule has 0 spiro atoms. The van der Waals surface area contributed by atoms with E-state index in [0.29, 0.717) is 11.3 Å². The Morgan fingerprint density at radius 1 is 1.03 bits per heavy atom. The molecule has 0 fully saturated rings. The van der Waals surface area contributed by atoms with E-state index in [1.165, 1.54) is 45.5 Å². The van der Waals surface area contributed by atoms with Crippen LogP contribution in [0.3, 0.4) is 0 Å². The largest absolute Gasteiger partial charge is 0.465 e. The number of aromatic nitrogens is 1. The molecular weight excluding hydrogens is 510 g/mol. The first-order valence-corrected chi connectivity index (χ1v) is 14.9. The number of thiazole rings is 1. The number of hydrogen-bond acceptors (Lipinski definition) is 6. The summed E-state index contributed by atoms with van der Waals surface area (Å²) in [5.41, 5.74) is 2.26. The summed E-state index contributed by atoms with van der Waals surface area (Å²) in [4.78, 5) is 30.2. The SMILES string of the molecule is CCCCc1ccc2c(c1)sc(=NC(=O)c1ccc(S(=O)(=O)N(C)CCCC)cc1)n2CC(=O)OCC. The first kappa shape index (κ1) is 28.7. The van der Waals surface area contributed by atoms with Crippen LogP contribution in [0.15, 0.2) is 52.4 Å². The quantitative estimate of drug-likeness (QED) is 0.305. The highest BCUT2D eigenvalue weighted by Gasteiger charge is 2.21. The molecular formula is C27H35N3O5S2. The number of hydrogen-bond donors (Lipinski definition) is 0. The average Bonchev–Trinajstić information content (AvgIpc) is 3.21. The van der Waals surface area contributed by atoms with Crippen LogP contribution in [0.4, 0.5) is 0 Å². The lowest BCUT2D eigenvalue weighted by Gasteiger charge is -2.16. The number of carbonyl (C=O) groups is 2. The van der Waals surface area contributed by atoms with Gasteiger partial charge in [0.2, 0.25) is 10.0 Å². The summed E-state index contributed by atoms with van der Waals surface area (Å²) in [6.45, 7) is 6.53. The van der Waals surface area contributed by atoms with Crippen molar-refractivity contribution in [1.29, 1.82) is 0 Å². The van der Waals surface area contributed by atoms with Crippen LogP contribution >= 0.6 is 11.3 Å². The Balaban J connectivity index is 1.96. The number of unbranched alkanes of at least 4 members (excludes halogenated alkanes) is 2. The molecule has 1 heterocycles. The Hall–Kier alpha value is -2.82. The molecule has 3 rings (SSSR count). The van der Waals surface area contributed by atoms with Gasteiger partial charge < -0.3 is 9.30 Å². The molecule has 0 unspecified atom stereocenters. The second-order valence-electron chi connectivity index (χ2n) is 8.80. The van der Waals surface area contributed by atoms with Gasteiger partial charge in [0.05, 0.1) is 21.7 Å². The topological polar surface area (TPSA) is 98.0 Å². The summed E-state index contributed by atoms with van der Waals surface area (Å²) < 4.78 is 34.6. The standard InChI is InChI=1S/C27H35N3O5S2/c1-5-8-10-20-11-16-23-24(18-20)36-27(30(23)19-25(31)35-7-3)28-26(32)21-12-14-22(15-13-21)37(33,34)29(4)17-9-6-2/h11-16,18H,5-10,17,19H2,1-4H3. The van der Waals surface area contributed by atoms with Gasteiger partial charge in [0.1, 0.15) is 6.54 Å². The number of esters is 1. The van der Waals surface area contributed by atoms with Gasteiger partial charge in [-0.2, -0.15) is 4.99 Å². The molecule has 0 aliphatic heterocycles. The van der Waals surface area contributed by atoms with Crippen molar-refractivity contribution in [3.63, 3.8) is 0 Å². The van der Waals surface area contributed by atoms with Gasteiger partial charge >= 0.3 is 5.97 Å². The van der Waals surface area contributed by atoms with Crippen LogP contribution in [0.5, 0.6) is 0 Å². The van der Waals surface area contributed by atoms with Crippen LogP contribution in [0, 0.1) is 0 Å². The molecule has 0 saturated carbocycles. The number of benzene rings is 2. The van der Waals surface area contributed by atoms with Gasteiger partial charge in [-0.05, 0) is 68.1 Å². The second kappa shape index (κ2) is 13.1. The first-order valence-electron chi connectivity index (χ1n) is 12.6. The van der Waals surface area contributed by atoms with Gasteiger partial charge in [0.25, 0.3) is 5.91 Å². The lowest BCUT2D eigenvalue weighted by Crippen LogP contribution is -2.27. The Morgan fingerprint density at radius 3 is 2.38 bits per heavy atom. The molecule has 8 nitrogen and oxygen atoms in total. The highest BCUT2D eigenvalue weighted by atomic mass is 32.2. The van der Waals surface area contributed by atoms with Crippen molar-refractivity contribution in [3.05, 3.63) is 58.4 Å². The highest BCUT2D eigenvalue weighted by molar-refractivity contribution is 7.89. The normalized spacial score (nSPS) is 12.4. The zero-order valence-corrected chi connectivity index (χ0v) is 23.5. The van der Waals surface area contributed by atoms with Gasteiger partial charge in [-0.15, -0.1) is 0 Å². The number of amides is 1. The molecule has 3 aromatic rings. The molecule has 2 aromatic carbocycles. The van der Waals surface area contributed by atoms with E-state index in [4.69, 9.17) is 4.74 Å². The fourth-order valence-corrected chi connectivity index (χ4v) is 6.13. The minimum atomic E-state index is -3.63. The van der Waals surface area contributed by atoms with Gasteiger partial charge in [0, 0.05) is 19.2 Å². The zero-order chi connectivity index (χ0) is 27.0. The van der Waals surface area contributed by atoms with E-state index >= 15 is 0 Å². The summed E-state index contributed by atoms with van der Waals surface area (Å²) in [7, 11) is -2.08. The molecule has 0 radical (unpaired) electrons. The van der Waals surface area contributed by atoms with E-state index in [1.54, 1.807) is 18.5 Å². The summed E-state index contributed by atoms with van der Waals surface area (Å²) in [5, 5.41) is 0. The minimum Gasteiger partial charge on any atom is -0.465 e. The van der Waals surface area contributed by atoms with Crippen LogP contribution in [0.25, 0.3) is 10.2 Å². The van der Waals surface area contributed by atoms with Gasteiger partial charge in [0.15, 0.2) is 4.80 Å². The molecule has 0 bridgehead atoms. The second-order valence-corrected chi connectivity index (χ2v) is 11.9. The third-order valence-electron chi connectivity index (χ3n) is 5.99. The average molecular weight is 546 g/mol. The Kier molecular flexibility index (Phi) is 10.2. The highest BCUT2D eigenvalue weighted by Crippen LogP contribution is 2.21. The van der Waals surface area contributed by atoms with E-state index in [2.05, 4.69) is 18.0 Å². The summed E-state index contributed by atoms with van der Waals surface area (Å²) in [6.07, 6.45) is 4.79. The van der Waals surface area contributed by atoms with Crippen molar-refractivity contribution in [1.82, 2.24) is 8.87 Å². The third kappa shape index (κ3) is 7.15. The van der Waals surface area contributed by atoms with E-state index in [1.807, 2.05) is 19.1 Å². The number of nitrogens with zero attached hydrogens (tertiary/aromatic N) is 3. The maximum atomic E-state index is 13.0. The first-order chi connectivity index (χ1) is 17.7. The molecule has 0 aliphatic rings. The van der Waals surface area contributed by atoms with Gasteiger partial charge in [-0.3, -0.25) is 9.59 Å². The number of sulfonamides is 1. The van der Waals surface area contributed by atoms with E-state index < -0.39 is 21.9 Å². The third-order valence-corrected chi connectivity index (χ3v) is 8.90. The van der Waals surface area contributed by atoms with Crippen molar-refractivity contribution in [3.8, 4) is 0 Å². The fourth-order valence-electron chi connectivity index (χ4n) is 3.83. The van der Waals surface area contributed by atoms with E-state index in [-0.39, 0.29) is 23.6 Å². The molecule has 37 heavy (non-hydrogen) atoms. The van der Waals surface area contributed by atoms with E-state index in [9.17, 15) is 18.0 Å². The lowest BCUT2D eigenvalue weighted by atomic mass is 10.1. The van der Waals surface area contributed by atoms with Crippen molar-refractivity contribution in [2.75, 3.05) is 20.2 Å². The lowest BCUT2D eigenvalue weighted by molar-refractivity contribution is -0.143. The zero-order valence-electron chi connectivity index (χ0n) is 21.9. The smallest absolute Gasteiger partial charge is 0.326 e. The molecule has 0 aliphatic carbocycles. The number of rotatable bonds is 12. The molecule has 1 aromatic heterocycles. The molecule has 10 heteroatoms. The molecule has 200 valence electrons. The predicted molar refractivity (Wildman–Crippen MR) is 146 cm³/mol. The molecule has 0 saturated heterocycles. The maximum Gasteiger partial charge on any atom is 0.326 e. The van der Waals surface area contributed by atoms with Crippen LogP contribution in [-0.2, 0) is 32.5 Å². The summed E-state index contributed by atoms with van der Waals surface area (Å²) >= 11 is 1.34. The van der Waals surface area contributed by atoms with Crippen molar-refractivity contribution in [2.24, 2.45) is 4.99 Å². The number of carbonyl (C=O) groups excluding carboxylic acids is 2. The van der Waals surface area contributed by atoms with E-state index in [0.717, 1.165) is 42.3 Å². The van der Waals surface area contributed by atoms with Crippen LogP contribution < -0.4 is 4.80 Å². The van der Waals surface area contributed by atoms with Gasteiger partial charge in [-0.25, -0.2) is 12.7 Å². The fraction of sp³-hybridized carbons (Fsp3) is 0.444.